The Morgan fingerprint density at radius 2 is 1.76 bits per heavy atom. The van der Waals surface area contributed by atoms with Gasteiger partial charge in [-0.2, -0.15) is 0 Å². The number of nitrogens with one attached hydrogen (secondary N) is 5. The number of fused-ring (bicyclic) bond motifs is 2. The third-order valence-corrected chi connectivity index (χ3v) is 6.99. The maximum absolute atomic E-state index is 13.6. The largest absolute Gasteiger partial charge is 0.443 e. The summed E-state index contributed by atoms with van der Waals surface area (Å²) in [5.41, 5.74) is 1.65. The second-order valence-corrected chi connectivity index (χ2v) is 10.6. The highest BCUT2D eigenvalue weighted by Gasteiger charge is 2.31. The van der Waals surface area contributed by atoms with Gasteiger partial charge in [-0.1, -0.05) is 44.2 Å². The summed E-state index contributed by atoms with van der Waals surface area (Å²) in [6.45, 7) is 9.08. The topological polar surface area (TPSA) is 171 Å². The Balaban J connectivity index is 1.60. The van der Waals surface area contributed by atoms with E-state index in [1.54, 1.807) is 20.8 Å². The summed E-state index contributed by atoms with van der Waals surface area (Å²) in [6, 6.07) is 7.12. The highest BCUT2D eigenvalue weighted by atomic mass is 16.4. The molecule has 2 aromatic heterocycles. The average molecular weight is 564 g/mol. The summed E-state index contributed by atoms with van der Waals surface area (Å²) >= 11 is 0. The molecule has 1 aliphatic rings. The zero-order valence-electron chi connectivity index (χ0n) is 24.0. The Kier molecular flexibility index (Phi) is 9.21. The van der Waals surface area contributed by atoms with E-state index in [2.05, 4.69) is 36.2 Å². The summed E-state index contributed by atoms with van der Waals surface area (Å²) in [5, 5.41) is 11.3. The Bertz CT molecular complexity index is 1410. The van der Waals surface area contributed by atoms with Crippen LogP contribution in [0.2, 0.25) is 0 Å². The lowest BCUT2D eigenvalue weighted by Crippen LogP contribution is -2.49. The Morgan fingerprint density at radius 1 is 1.02 bits per heavy atom. The van der Waals surface area contributed by atoms with Crippen LogP contribution in [0.25, 0.3) is 11.4 Å². The lowest BCUT2D eigenvalue weighted by Gasteiger charge is -2.24. The molecule has 4 amide bonds. The molecule has 3 aromatic rings. The third-order valence-electron chi connectivity index (χ3n) is 6.99. The summed E-state index contributed by atoms with van der Waals surface area (Å²) < 4.78 is 5.80. The van der Waals surface area contributed by atoms with Gasteiger partial charge in [0, 0.05) is 17.8 Å². The molecular formula is C29H37N7O5. The second-order valence-electron chi connectivity index (χ2n) is 10.6. The van der Waals surface area contributed by atoms with Crippen molar-refractivity contribution in [2.45, 2.75) is 72.0 Å². The maximum Gasteiger partial charge on any atom is 0.274 e. The minimum atomic E-state index is -0.888. The average Bonchev–Trinajstić information content (AvgIpc) is 3.52. The SMILES string of the molecule is Cc1[nH]c(-c2ccccc2)nc1C(=O)N[C@H]1CCCCNC(=O)[C@@H](C)NC(=O)c2nc(oc2C)[C@H](C(C)C)NC1=O. The number of carbonyl (C=O) groups is 4. The van der Waals surface area contributed by atoms with Crippen LogP contribution in [0, 0.1) is 19.8 Å². The molecule has 0 aliphatic carbocycles. The van der Waals surface area contributed by atoms with Crippen LogP contribution in [0.5, 0.6) is 0 Å². The molecule has 12 heteroatoms. The van der Waals surface area contributed by atoms with Gasteiger partial charge in [0.25, 0.3) is 11.8 Å². The van der Waals surface area contributed by atoms with Crippen molar-refractivity contribution < 1.29 is 23.6 Å². The minimum absolute atomic E-state index is 0.0414. The molecule has 12 nitrogen and oxygen atoms in total. The van der Waals surface area contributed by atoms with Crippen LogP contribution in [-0.4, -0.2) is 57.2 Å². The monoisotopic (exact) mass is 563 g/mol. The van der Waals surface area contributed by atoms with Crippen LogP contribution in [0.1, 0.15) is 84.4 Å². The van der Waals surface area contributed by atoms with Crippen molar-refractivity contribution in [3.05, 3.63) is 59.1 Å². The number of aromatic amines is 1. The highest BCUT2D eigenvalue weighted by molar-refractivity contribution is 5.98. The van der Waals surface area contributed by atoms with Crippen molar-refractivity contribution in [1.82, 2.24) is 36.2 Å². The van der Waals surface area contributed by atoms with Gasteiger partial charge < -0.3 is 30.7 Å². The van der Waals surface area contributed by atoms with E-state index in [1.807, 2.05) is 44.2 Å². The summed E-state index contributed by atoms with van der Waals surface area (Å²) in [5.74, 6) is -0.934. The summed E-state index contributed by atoms with van der Waals surface area (Å²) in [7, 11) is 0. The predicted octanol–water partition coefficient (Wildman–Crippen LogP) is 2.71. The van der Waals surface area contributed by atoms with Gasteiger partial charge in [0.2, 0.25) is 17.7 Å². The molecule has 4 rings (SSSR count). The van der Waals surface area contributed by atoms with E-state index in [1.165, 1.54) is 0 Å². The lowest BCUT2D eigenvalue weighted by atomic mass is 10.0. The standard InChI is InChI=1S/C29H37N7O5/c1-15(2)21-29-36-23(18(5)41-29)28(40)32-17(4)25(37)30-14-10-9-13-20(26(38)35-21)33-27(39)22-16(3)31-24(34-22)19-11-7-6-8-12-19/h6-8,11-12,15,17,20-21H,9-10,13-14H2,1-5H3,(H,30,37)(H,31,34)(H,32,40)(H,33,39)(H,35,38)/t17-,20+,21+/m1/s1. The first-order chi connectivity index (χ1) is 19.5. The van der Waals surface area contributed by atoms with Crippen LogP contribution in [0.4, 0.5) is 0 Å². The van der Waals surface area contributed by atoms with Gasteiger partial charge in [0.1, 0.15) is 35.4 Å². The molecule has 0 spiro atoms. The Labute approximate surface area is 238 Å². The Hall–Kier alpha value is -4.48. The number of imidazole rings is 1. The van der Waals surface area contributed by atoms with E-state index in [9.17, 15) is 19.2 Å². The van der Waals surface area contributed by atoms with E-state index >= 15 is 0 Å². The first kappa shape index (κ1) is 29.5. The van der Waals surface area contributed by atoms with E-state index < -0.39 is 35.8 Å². The van der Waals surface area contributed by atoms with Crippen molar-refractivity contribution in [1.29, 1.82) is 0 Å². The first-order valence-corrected chi connectivity index (χ1v) is 13.8. The molecular weight excluding hydrogens is 526 g/mol. The van der Waals surface area contributed by atoms with Gasteiger partial charge in [0.15, 0.2) is 5.69 Å². The number of hydrogen-bond donors (Lipinski definition) is 5. The van der Waals surface area contributed by atoms with Crippen LogP contribution < -0.4 is 21.3 Å². The van der Waals surface area contributed by atoms with Gasteiger partial charge >= 0.3 is 0 Å². The van der Waals surface area contributed by atoms with E-state index in [4.69, 9.17) is 4.42 Å². The molecule has 2 bridgehead atoms. The quantitative estimate of drug-likeness (QED) is 0.325. The zero-order valence-corrected chi connectivity index (χ0v) is 24.0. The smallest absolute Gasteiger partial charge is 0.274 e. The van der Waals surface area contributed by atoms with Crippen molar-refractivity contribution in [3.8, 4) is 11.4 Å². The fourth-order valence-electron chi connectivity index (χ4n) is 4.61. The molecule has 0 unspecified atom stereocenters. The molecule has 0 fully saturated rings. The summed E-state index contributed by atoms with van der Waals surface area (Å²) in [6.07, 6.45) is 1.44. The van der Waals surface area contributed by atoms with Crippen molar-refractivity contribution in [2.75, 3.05) is 6.54 Å². The highest BCUT2D eigenvalue weighted by Crippen LogP contribution is 2.24. The second kappa shape index (κ2) is 12.8. The molecule has 1 aliphatic heterocycles. The summed E-state index contributed by atoms with van der Waals surface area (Å²) in [4.78, 5) is 64.3. The molecule has 0 saturated carbocycles. The lowest BCUT2D eigenvalue weighted by molar-refractivity contribution is -0.124. The predicted molar refractivity (Wildman–Crippen MR) is 151 cm³/mol. The van der Waals surface area contributed by atoms with Gasteiger partial charge in [-0.25, -0.2) is 9.97 Å². The van der Waals surface area contributed by atoms with Crippen LogP contribution in [-0.2, 0) is 9.59 Å². The van der Waals surface area contributed by atoms with Crippen LogP contribution in [0.15, 0.2) is 34.7 Å². The van der Waals surface area contributed by atoms with Gasteiger partial charge in [-0.3, -0.25) is 19.2 Å². The molecule has 1 aromatic carbocycles. The number of oxazole rings is 1. The number of nitrogens with zero attached hydrogens (tertiary/aromatic N) is 2. The van der Waals surface area contributed by atoms with Gasteiger partial charge in [-0.15, -0.1) is 0 Å². The molecule has 3 atom stereocenters. The number of aryl methyl sites for hydroxylation is 2. The molecule has 218 valence electrons. The van der Waals surface area contributed by atoms with Gasteiger partial charge in [-0.05, 0) is 46.0 Å². The maximum atomic E-state index is 13.6. The molecule has 41 heavy (non-hydrogen) atoms. The number of amides is 4. The molecule has 5 N–H and O–H groups in total. The van der Waals surface area contributed by atoms with Crippen molar-refractivity contribution in [2.24, 2.45) is 5.92 Å². The third kappa shape index (κ3) is 7.00. The number of H-pyrrole nitrogens is 1. The van der Waals surface area contributed by atoms with E-state index in [-0.39, 0.29) is 34.9 Å². The molecule has 3 heterocycles. The van der Waals surface area contributed by atoms with E-state index in [0.717, 1.165) is 5.56 Å². The van der Waals surface area contributed by atoms with E-state index in [0.29, 0.717) is 37.3 Å². The van der Waals surface area contributed by atoms with Gasteiger partial charge in [0.05, 0.1) is 0 Å². The number of rotatable bonds is 4. The molecule has 0 radical (unpaired) electrons. The molecule has 0 saturated heterocycles. The number of hydrogen-bond acceptors (Lipinski definition) is 7. The van der Waals surface area contributed by atoms with Crippen molar-refractivity contribution >= 4 is 23.6 Å². The fourth-order valence-corrected chi connectivity index (χ4v) is 4.61. The number of carbonyl (C=O) groups excluding carboxylic acids is 4. The normalized spacial score (nSPS) is 20.7. The van der Waals surface area contributed by atoms with Crippen LogP contribution >= 0.6 is 0 Å². The van der Waals surface area contributed by atoms with Crippen molar-refractivity contribution in [3.63, 3.8) is 0 Å². The number of benzene rings is 1. The minimum Gasteiger partial charge on any atom is -0.443 e. The fraction of sp³-hybridized carbons (Fsp3) is 0.448. The first-order valence-electron chi connectivity index (χ1n) is 13.8. The Morgan fingerprint density at radius 3 is 2.46 bits per heavy atom. The van der Waals surface area contributed by atoms with Crippen LogP contribution in [0.3, 0.4) is 0 Å². The zero-order chi connectivity index (χ0) is 29.7. The number of aromatic nitrogens is 3.